The van der Waals surface area contributed by atoms with Crippen LogP contribution in [0, 0.1) is 18.8 Å². The lowest BCUT2D eigenvalue weighted by molar-refractivity contribution is -0.143. The van der Waals surface area contributed by atoms with Gasteiger partial charge in [-0.25, -0.2) is 14.5 Å². The number of nitrogens with one attached hydrogen (secondary N) is 1. The van der Waals surface area contributed by atoms with Gasteiger partial charge in [0.15, 0.2) is 0 Å². The van der Waals surface area contributed by atoms with Crippen LogP contribution in [0.2, 0.25) is 0 Å². The SMILES string of the molecule is Cc1nc(-c2nnn(C)c2CNC(=O)O[C@H](C)C2CCCCC2)ccc1O[C@H]1CCCC(C(=O)O)C1. The van der Waals surface area contributed by atoms with E-state index in [0.29, 0.717) is 41.6 Å². The van der Waals surface area contributed by atoms with Gasteiger partial charge in [-0.3, -0.25) is 4.79 Å². The molecular weight excluding hydrogens is 462 g/mol. The van der Waals surface area contributed by atoms with E-state index in [4.69, 9.17) is 9.47 Å². The Morgan fingerprint density at radius 1 is 1.17 bits per heavy atom. The Labute approximate surface area is 211 Å². The zero-order valence-corrected chi connectivity index (χ0v) is 21.4. The Hall–Kier alpha value is -3.17. The minimum atomic E-state index is -0.760. The van der Waals surface area contributed by atoms with Crippen molar-refractivity contribution in [1.29, 1.82) is 0 Å². The predicted molar refractivity (Wildman–Crippen MR) is 132 cm³/mol. The largest absolute Gasteiger partial charge is 0.489 e. The summed E-state index contributed by atoms with van der Waals surface area (Å²) in [6.45, 7) is 4.04. The first-order valence-electron chi connectivity index (χ1n) is 13.0. The van der Waals surface area contributed by atoms with Gasteiger partial charge in [-0.1, -0.05) is 24.5 Å². The number of hydrogen-bond donors (Lipinski definition) is 2. The number of carbonyl (C=O) groups is 2. The van der Waals surface area contributed by atoms with E-state index in [2.05, 4.69) is 20.6 Å². The standard InChI is InChI=1S/C26H37N5O5/c1-16-23(36-20-11-7-10-19(14-20)25(32)33)13-12-21(28-16)24-22(31(3)30-29-24)15-27-26(34)35-17(2)18-8-5-4-6-9-18/h12-13,17-20H,4-11,14-15H2,1-3H3,(H,27,34)(H,32,33)/t17-,19?,20+/m1/s1. The number of carboxylic acids is 1. The molecule has 0 aliphatic heterocycles. The zero-order chi connectivity index (χ0) is 25.7. The first-order chi connectivity index (χ1) is 17.3. The molecule has 3 atom stereocenters. The fourth-order valence-electron chi connectivity index (χ4n) is 5.30. The minimum absolute atomic E-state index is 0.110. The molecule has 2 aliphatic carbocycles. The number of nitrogens with zero attached hydrogens (tertiary/aromatic N) is 4. The molecule has 2 fully saturated rings. The number of aryl methyl sites for hydroxylation is 2. The Balaban J connectivity index is 1.38. The summed E-state index contributed by atoms with van der Waals surface area (Å²) < 4.78 is 13.4. The number of amides is 1. The number of aromatic nitrogens is 4. The molecule has 1 amide bonds. The average molecular weight is 500 g/mol. The molecule has 196 valence electrons. The van der Waals surface area contributed by atoms with Crippen LogP contribution in [0.15, 0.2) is 12.1 Å². The minimum Gasteiger partial charge on any atom is -0.489 e. The van der Waals surface area contributed by atoms with Gasteiger partial charge < -0.3 is 19.9 Å². The highest BCUT2D eigenvalue weighted by atomic mass is 16.6. The normalized spacial score (nSPS) is 21.5. The monoisotopic (exact) mass is 499 g/mol. The van der Waals surface area contributed by atoms with Crippen molar-refractivity contribution in [2.75, 3.05) is 0 Å². The zero-order valence-electron chi connectivity index (χ0n) is 21.4. The highest BCUT2D eigenvalue weighted by molar-refractivity contribution is 5.70. The Morgan fingerprint density at radius 2 is 1.94 bits per heavy atom. The second kappa shape index (κ2) is 11.7. The van der Waals surface area contributed by atoms with Gasteiger partial charge in [0, 0.05) is 7.05 Å². The van der Waals surface area contributed by atoms with Gasteiger partial charge in [-0.15, -0.1) is 5.10 Å². The first-order valence-corrected chi connectivity index (χ1v) is 13.0. The number of hydrogen-bond acceptors (Lipinski definition) is 7. The van der Waals surface area contributed by atoms with Gasteiger partial charge in [-0.05, 0) is 70.4 Å². The van der Waals surface area contributed by atoms with Crippen LogP contribution in [0.4, 0.5) is 4.79 Å². The molecule has 0 spiro atoms. The number of ether oxygens (including phenoxy) is 2. The fraction of sp³-hybridized carbons (Fsp3) is 0.654. The fourth-order valence-corrected chi connectivity index (χ4v) is 5.30. The molecule has 2 saturated carbocycles. The molecule has 10 heteroatoms. The van der Waals surface area contributed by atoms with Crippen molar-refractivity contribution in [3.05, 3.63) is 23.5 Å². The lowest BCUT2D eigenvalue weighted by Gasteiger charge is -2.27. The highest BCUT2D eigenvalue weighted by Gasteiger charge is 2.29. The molecule has 0 radical (unpaired) electrons. The average Bonchev–Trinajstić information content (AvgIpc) is 3.24. The van der Waals surface area contributed by atoms with Gasteiger partial charge >= 0.3 is 12.1 Å². The van der Waals surface area contributed by atoms with Crippen molar-refractivity contribution in [2.24, 2.45) is 18.9 Å². The lowest BCUT2D eigenvalue weighted by atomic mass is 9.86. The summed E-state index contributed by atoms with van der Waals surface area (Å²) in [6.07, 6.45) is 8.06. The molecule has 1 unspecified atom stereocenters. The number of pyridine rings is 1. The molecule has 2 aliphatic rings. The number of carboxylic acid groups (broad SMARTS) is 1. The molecule has 36 heavy (non-hydrogen) atoms. The van der Waals surface area contributed by atoms with E-state index in [1.54, 1.807) is 11.7 Å². The van der Waals surface area contributed by atoms with Gasteiger partial charge in [0.1, 0.15) is 17.5 Å². The van der Waals surface area contributed by atoms with E-state index >= 15 is 0 Å². The van der Waals surface area contributed by atoms with E-state index < -0.39 is 12.1 Å². The second-order valence-corrected chi connectivity index (χ2v) is 10.1. The van der Waals surface area contributed by atoms with Crippen LogP contribution >= 0.6 is 0 Å². The lowest BCUT2D eigenvalue weighted by Crippen LogP contribution is -2.32. The van der Waals surface area contributed by atoms with Crippen molar-refractivity contribution in [2.45, 2.75) is 90.4 Å². The quantitative estimate of drug-likeness (QED) is 0.547. The van der Waals surface area contributed by atoms with E-state index in [-0.39, 0.29) is 24.7 Å². The van der Waals surface area contributed by atoms with Crippen LogP contribution in [0.5, 0.6) is 5.75 Å². The summed E-state index contributed by atoms with van der Waals surface area (Å²) in [6, 6.07) is 3.66. The van der Waals surface area contributed by atoms with Crippen LogP contribution in [0.3, 0.4) is 0 Å². The maximum absolute atomic E-state index is 12.5. The van der Waals surface area contributed by atoms with E-state index in [9.17, 15) is 14.7 Å². The molecule has 2 aromatic heterocycles. The second-order valence-electron chi connectivity index (χ2n) is 10.1. The van der Waals surface area contributed by atoms with Gasteiger partial charge in [0.05, 0.1) is 35.6 Å². The van der Waals surface area contributed by atoms with Crippen LogP contribution in [-0.4, -0.2) is 49.4 Å². The Morgan fingerprint density at radius 3 is 2.67 bits per heavy atom. The third kappa shape index (κ3) is 6.33. The summed E-state index contributed by atoms with van der Waals surface area (Å²) in [7, 11) is 1.77. The molecule has 0 saturated heterocycles. The first kappa shape index (κ1) is 25.9. The topological polar surface area (TPSA) is 128 Å². The van der Waals surface area contributed by atoms with Crippen LogP contribution in [0.1, 0.15) is 76.1 Å². The molecule has 4 rings (SSSR count). The van der Waals surface area contributed by atoms with Gasteiger partial charge in [-0.2, -0.15) is 0 Å². The third-order valence-electron chi connectivity index (χ3n) is 7.50. The van der Waals surface area contributed by atoms with Crippen LogP contribution in [0.25, 0.3) is 11.4 Å². The summed E-state index contributed by atoms with van der Waals surface area (Å²) >= 11 is 0. The van der Waals surface area contributed by atoms with Gasteiger partial charge in [0.25, 0.3) is 0 Å². The van der Waals surface area contributed by atoms with E-state index in [1.807, 2.05) is 26.0 Å². The molecule has 0 aromatic carbocycles. The summed E-state index contributed by atoms with van der Waals surface area (Å²) in [4.78, 5) is 28.5. The van der Waals surface area contributed by atoms with E-state index in [1.165, 1.54) is 19.3 Å². The van der Waals surface area contributed by atoms with Crippen molar-refractivity contribution < 1.29 is 24.2 Å². The van der Waals surface area contributed by atoms with Crippen molar-refractivity contribution >= 4 is 12.1 Å². The Kier molecular flexibility index (Phi) is 8.43. The molecule has 0 bridgehead atoms. The molecule has 2 aromatic rings. The molecular formula is C26H37N5O5. The summed E-state index contributed by atoms with van der Waals surface area (Å²) in [5, 5.41) is 20.6. The maximum atomic E-state index is 12.5. The number of aliphatic carboxylic acids is 1. The number of carbonyl (C=O) groups excluding carboxylic acids is 1. The molecule has 2 N–H and O–H groups in total. The van der Waals surface area contributed by atoms with Crippen molar-refractivity contribution in [3.63, 3.8) is 0 Å². The number of alkyl carbamates (subject to hydrolysis) is 1. The summed E-state index contributed by atoms with van der Waals surface area (Å²) in [5.74, 6) is -0.0542. The van der Waals surface area contributed by atoms with E-state index in [0.717, 1.165) is 31.4 Å². The highest BCUT2D eigenvalue weighted by Crippen LogP contribution is 2.31. The van der Waals surface area contributed by atoms with Crippen LogP contribution in [-0.2, 0) is 23.1 Å². The molecule has 10 nitrogen and oxygen atoms in total. The molecule has 2 heterocycles. The summed E-state index contributed by atoms with van der Waals surface area (Å²) in [5.41, 5.74) is 2.61. The third-order valence-corrected chi connectivity index (χ3v) is 7.50. The van der Waals surface area contributed by atoms with Crippen LogP contribution < -0.4 is 10.1 Å². The van der Waals surface area contributed by atoms with Crippen molar-refractivity contribution in [1.82, 2.24) is 25.3 Å². The Bertz CT molecular complexity index is 1060. The maximum Gasteiger partial charge on any atom is 0.407 e. The van der Waals surface area contributed by atoms with Gasteiger partial charge in [0.2, 0.25) is 0 Å². The predicted octanol–water partition coefficient (Wildman–Crippen LogP) is 4.40. The van der Waals surface area contributed by atoms with Crippen molar-refractivity contribution in [3.8, 4) is 17.1 Å². The smallest absolute Gasteiger partial charge is 0.407 e. The number of rotatable bonds is 8.